The fourth-order valence-electron chi connectivity index (χ4n) is 2.78. The number of aryl methyl sites for hydroxylation is 2. The summed E-state index contributed by atoms with van der Waals surface area (Å²) in [5.41, 5.74) is 4.49. The minimum absolute atomic E-state index is 0.0303. The molecule has 0 saturated heterocycles. The van der Waals surface area contributed by atoms with Crippen LogP contribution in [-0.4, -0.2) is 9.13 Å². The van der Waals surface area contributed by atoms with E-state index in [1.165, 1.54) is 0 Å². The summed E-state index contributed by atoms with van der Waals surface area (Å²) < 4.78 is 3.29. The molecule has 1 N–H and O–H groups in total. The number of fused-ring (bicyclic) bond motifs is 1. The van der Waals surface area contributed by atoms with Crippen LogP contribution in [0.15, 0.2) is 47.3 Å². The average Bonchev–Trinajstić information content (AvgIpc) is 2.79. The van der Waals surface area contributed by atoms with Crippen molar-refractivity contribution in [2.75, 3.05) is 5.32 Å². The third kappa shape index (κ3) is 2.59. The largest absolute Gasteiger partial charge is 0.378 e. The number of nitriles is 1. The van der Waals surface area contributed by atoms with Gasteiger partial charge in [-0.25, -0.2) is 4.79 Å². The monoisotopic (exact) mass is 306 g/mol. The molecule has 0 aliphatic carbocycles. The molecule has 0 amide bonds. The highest BCUT2D eigenvalue weighted by molar-refractivity contribution is 5.80. The topological polar surface area (TPSA) is 62.8 Å². The molecule has 23 heavy (non-hydrogen) atoms. The molecule has 0 bridgehead atoms. The Kier molecular flexibility index (Phi) is 3.67. The molecule has 5 nitrogen and oxygen atoms in total. The van der Waals surface area contributed by atoms with Crippen LogP contribution in [0.4, 0.5) is 5.69 Å². The number of nitrogens with one attached hydrogen (secondary N) is 1. The Labute approximate surface area is 134 Å². The van der Waals surface area contributed by atoms with E-state index < -0.39 is 0 Å². The van der Waals surface area contributed by atoms with Crippen molar-refractivity contribution < 1.29 is 0 Å². The summed E-state index contributed by atoms with van der Waals surface area (Å²) in [7, 11) is 3.55. The van der Waals surface area contributed by atoms with Crippen LogP contribution >= 0.6 is 0 Å². The standard InChI is InChI=1S/C18H18N4O/c1-12(14-6-4-13(11-19)5-7-14)20-15-8-9-16-17(10-15)22(3)18(23)21(16)2/h4-10,12,20H,1-3H3/t12-/m0/s1. The Morgan fingerprint density at radius 3 is 2.35 bits per heavy atom. The van der Waals surface area contributed by atoms with Crippen molar-refractivity contribution in [1.82, 2.24) is 9.13 Å². The number of rotatable bonds is 3. The van der Waals surface area contributed by atoms with Crippen molar-refractivity contribution in [1.29, 1.82) is 5.26 Å². The number of hydrogen-bond donors (Lipinski definition) is 1. The van der Waals surface area contributed by atoms with Crippen molar-refractivity contribution in [3.8, 4) is 6.07 Å². The lowest BCUT2D eigenvalue weighted by Gasteiger charge is -2.16. The zero-order chi connectivity index (χ0) is 16.6. The summed E-state index contributed by atoms with van der Waals surface area (Å²) >= 11 is 0. The molecule has 116 valence electrons. The van der Waals surface area contributed by atoms with Gasteiger partial charge >= 0.3 is 5.69 Å². The first-order valence-corrected chi connectivity index (χ1v) is 7.43. The smallest absolute Gasteiger partial charge is 0.328 e. The van der Waals surface area contributed by atoms with Gasteiger partial charge in [-0.1, -0.05) is 12.1 Å². The molecule has 0 aliphatic heterocycles. The lowest BCUT2D eigenvalue weighted by Crippen LogP contribution is -2.19. The second-order valence-electron chi connectivity index (χ2n) is 5.70. The van der Waals surface area contributed by atoms with E-state index in [4.69, 9.17) is 5.26 Å². The van der Waals surface area contributed by atoms with E-state index in [-0.39, 0.29) is 11.7 Å². The number of benzene rings is 2. The zero-order valence-corrected chi connectivity index (χ0v) is 13.4. The molecule has 0 saturated carbocycles. The van der Waals surface area contributed by atoms with Crippen LogP contribution < -0.4 is 11.0 Å². The molecule has 0 unspecified atom stereocenters. The molecule has 3 aromatic rings. The Bertz CT molecular complexity index is 958. The minimum Gasteiger partial charge on any atom is -0.378 e. The lowest BCUT2D eigenvalue weighted by atomic mass is 10.1. The van der Waals surface area contributed by atoms with Crippen molar-refractivity contribution in [3.63, 3.8) is 0 Å². The first-order chi connectivity index (χ1) is 11.0. The lowest BCUT2D eigenvalue weighted by molar-refractivity contribution is 0.795. The molecular formula is C18H18N4O. The van der Waals surface area contributed by atoms with Gasteiger partial charge in [-0.2, -0.15) is 5.26 Å². The molecule has 0 fully saturated rings. The van der Waals surface area contributed by atoms with E-state index in [0.29, 0.717) is 5.56 Å². The second-order valence-corrected chi connectivity index (χ2v) is 5.70. The van der Waals surface area contributed by atoms with Gasteiger partial charge in [-0.3, -0.25) is 9.13 Å². The zero-order valence-electron chi connectivity index (χ0n) is 13.4. The molecule has 0 radical (unpaired) electrons. The normalized spacial score (nSPS) is 12.1. The summed E-state index contributed by atoms with van der Waals surface area (Å²) in [4.78, 5) is 12.0. The van der Waals surface area contributed by atoms with E-state index in [1.54, 1.807) is 23.2 Å². The second kappa shape index (κ2) is 5.65. The minimum atomic E-state index is -0.0303. The first-order valence-electron chi connectivity index (χ1n) is 7.43. The Morgan fingerprint density at radius 1 is 1.04 bits per heavy atom. The third-order valence-electron chi connectivity index (χ3n) is 4.19. The van der Waals surface area contributed by atoms with Crippen LogP contribution in [-0.2, 0) is 14.1 Å². The highest BCUT2D eigenvalue weighted by Gasteiger charge is 2.10. The predicted octanol–water partition coefficient (Wildman–Crippen LogP) is 2.92. The molecule has 3 rings (SSSR count). The van der Waals surface area contributed by atoms with Crippen molar-refractivity contribution in [2.24, 2.45) is 14.1 Å². The number of anilines is 1. The average molecular weight is 306 g/mol. The highest BCUT2D eigenvalue weighted by Crippen LogP contribution is 2.23. The van der Waals surface area contributed by atoms with Gasteiger partial charge < -0.3 is 5.32 Å². The highest BCUT2D eigenvalue weighted by atomic mass is 16.1. The summed E-state index contributed by atoms with van der Waals surface area (Å²) in [6.07, 6.45) is 0. The Hall–Kier alpha value is -3.00. The van der Waals surface area contributed by atoms with Gasteiger partial charge in [0.05, 0.1) is 22.7 Å². The third-order valence-corrected chi connectivity index (χ3v) is 4.19. The van der Waals surface area contributed by atoms with Gasteiger partial charge in [-0.05, 0) is 42.8 Å². The van der Waals surface area contributed by atoms with Gasteiger partial charge in [0.1, 0.15) is 0 Å². The fourth-order valence-corrected chi connectivity index (χ4v) is 2.78. The Balaban J connectivity index is 1.90. The molecule has 2 aromatic carbocycles. The number of imidazole rings is 1. The van der Waals surface area contributed by atoms with Crippen LogP contribution in [0.1, 0.15) is 24.1 Å². The fraction of sp³-hybridized carbons (Fsp3) is 0.222. The van der Waals surface area contributed by atoms with Crippen LogP contribution in [0, 0.1) is 11.3 Å². The van der Waals surface area contributed by atoms with E-state index in [2.05, 4.69) is 18.3 Å². The van der Waals surface area contributed by atoms with Crippen LogP contribution in [0.25, 0.3) is 11.0 Å². The van der Waals surface area contributed by atoms with Gasteiger partial charge in [0, 0.05) is 25.8 Å². The molecule has 1 heterocycles. The van der Waals surface area contributed by atoms with Gasteiger partial charge in [0.25, 0.3) is 0 Å². The Morgan fingerprint density at radius 2 is 1.70 bits per heavy atom. The van der Waals surface area contributed by atoms with E-state index in [0.717, 1.165) is 22.3 Å². The maximum Gasteiger partial charge on any atom is 0.328 e. The predicted molar refractivity (Wildman–Crippen MR) is 91.4 cm³/mol. The van der Waals surface area contributed by atoms with Crippen molar-refractivity contribution in [2.45, 2.75) is 13.0 Å². The maximum absolute atomic E-state index is 12.0. The molecule has 1 atom stereocenters. The molecular weight excluding hydrogens is 288 g/mol. The van der Waals surface area contributed by atoms with Gasteiger partial charge in [-0.15, -0.1) is 0 Å². The maximum atomic E-state index is 12.0. The molecule has 0 spiro atoms. The van der Waals surface area contributed by atoms with Crippen LogP contribution in [0.5, 0.6) is 0 Å². The van der Waals surface area contributed by atoms with Gasteiger partial charge in [0.2, 0.25) is 0 Å². The number of hydrogen-bond acceptors (Lipinski definition) is 3. The van der Waals surface area contributed by atoms with E-state index >= 15 is 0 Å². The summed E-state index contributed by atoms with van der Waals surface area (Å²) in [6.45, 7) is 2.07. The van der Waals surface area contributed by atoms with E-state index in [1.807, 2.05) is 42.5 Å². The summed E-state index contributed by atoms with van der Waals surface area (Å²) in [5, 5.41) is 12.3. The molecule has 5 heteroatoms. The SMILES string of the molecule is C[C@H](Nc1ccc2c(c1)n(C)c(=O)n2C)c1ccc(C#N)cc1. The van der Waals surface area contributed by atoms with Crippen LogP contribution in [0.3, 0.4) is 0 Å². The number of aromatic nitrogens is 2. The summed E-state index contributed by atoms with van der Waals surface area (Å²) in [5.74, 6) is 0. The van der Waals surface area contributed by atoms with E-state index in [9.17, 15) is 4.79 Å². The molecule has 1 aromatic heterocycles. The van der Waals surface area contributed by atoms with Crippen molar-refractivity contribution in [3.05, 3.63) is 64.1 Å². The summed E-state index contributed by atoms with van der Waals surface area (Å²) in [6, 6.07) is 15.7. The van der Waals surface area contributed by atoms with Crippen molar-refractivity contribution >= 4 is 16.7 Å². The van der Waals surface area contributed by atoms with Crippen LogP contribution in [0.2, 0.25) is 0 Å². The number of nitrogens with zero attached hydrogens (tertiary/aromatic N) is 3. The van der Waals surface area contributed by atoms with Gasteiger partial charge in [0.15, 0.2) is 0 Å². The quantitative estimate of drug-likeness (QED) is 0.809. The molecule has 0 aliphatic rings. The first kappa shape index (κ1) is 14.9.